The molecule has 0 heterocycles. The fraction of sp³-hybridized carbons (Fsp3) is 0.185. The van der Waals surface area contributed by atoms with Crippen molar-refractivity contribution >= 4 is 13.3 Å². The molecule has 2 atom stereocenters. The minimum absolute atomic E-state index is 0.363. The van der Waals surface area contributed by atoms with Gasteiger partial charge in [-0.1, -0.05) is 91.6 Å². The van der Waals surface area contributed by atoms with E-state index in [9.17, 15) is 0 Å². The van der Waals surface area contributed by atoms with Gasteiger partial charge in [0.25, 0.3) is 0 Å². The predicted octanol–water partition coefficient (Wildman–Crippen LogP) is 5.29. The third kappa shape index (κ3) is 2.69. The molecule has 2 nitrogen and oxygen atoms in total. The number of hydrogen-bond donors (Lipinski definition) is 0. The number of rotatable bonds is 5. The van der Waals surface area contributed by atoms with Crippen LogP contribution in [0.1, 0.15) is 0 Å². The van der Waals surface area contributed by atoms with Gasteiger partial charge in [0.15, 0.2) is 19.6 Å². The molecular formula is C27H26O2Si. The Kier molecular flexibility index (Phi) is 4.63. The van der Waals surface area contributed by atoms with Crippen molar-refractivity contribution in [2.24, 2.45) is 11.8 Å². The third-order valence-corrected chi connectivity index (χ3v) is 11.2. The van der Waals surface area contributed by atoms with Crippen molar-refractivity contribution in [2.45, 2.75) is 6.55 Å². The molecule has 0 radical (unpaired) electrons. The number of para-hydroxylation sites is 1. The largest absolute Gasteiger partial charge is 0.493 e. The summed E-state index contributed by atoms with van der Waals surface area (Å²) >= 11 is 0. The van der Waals surface area contributed by atoms with E-state index in [1.54, 1.807) is 14.2 Å². The first-order chi connectivity index (χ1) is 14.7. The molecule has 0 fully saturated rings. The molecular weight excluding hydrogens is 384 g/mol. The van der Waals surface area contributed by atoms with Crippen LogP contribution in [-0.2, 0) is 0 Å². The Morgan fingerprint density at radius 2 is 1.30 bits per heavy atom. The van der Waals surface area contributed by atoms with Crippen LogP contribution in [0.5, 0.6) is 11.5 Å². The van der Waals surface area contributed by atoms with E-state index < -0.39 is 8.07 Å². The monoisotopic (exact) mass is 410 g/mol. The van der Waals surface area contributed by atoms with E-state index in [1.165, 1.54) is 26.7 Å². The highest BCUT2D eigenvalue weighted by molar-refractivity contribution is 7.04. The lowest BCUT2D eigenvalue weighted by Gasteiger charge is -2.34. The Morgan fingerprint density at radius 1 is 0.700 bits per heavy atom. The molecule has 30 heavy (non-hydrogen) atoms. The van der Waals surface area contributed by atoms with Crippen molar-refractivity contribution in [3.8, 4) is 11.5 Å². The standard InChI is InChI=1S/C27H26O2Si/c1-28-23-13-8-14-26(27(23)29-2)30(3,24-17-15-19-9-4-6-11-21(19)24)25-18-16-20-10-5-7-12-22(20)25/h4-20H,1-3H3. The molecule has 0 aromatic heterocycles. The molecule has 0 saturated heterocycles. The first-order valence-electron chi connectivity index (χ1n) is 10.5. The Morgan fingerprint density at radius 3 is 1.83 bits per heavy atom. The predicted molar refractivity (Wildman–Crippen MR) is 127 cm³/mol. The van der Waals surface area contributed by atoms with Crippen LogP contribution in [0.4, 0.5) is 0 Å². The highest BCUT2D eigenvalue weighted by Gasteiger charge is 2.45. The zero-order valence-electron chi connectivity index (χ0n) is 17.6. The smallest absolute Gasteiger partial charge is 0.160 e. The van der Waals surface area contributed by atoms with Gasteiger partial charge in [0.2, 0.25) is 0 Å². The molecule has 0 saturated carbocycles. The molecule has 4 aliphatic carbocycles. The van der Waals surface area contributed by atoms with Crippen LogP contribution in [0.3, 0.4) is 0 Å². The van der Waals surface area contributed by atoms with Crippen LogP contribution < -0.4 is 14.7 Å². The van der Waals surface area contributed by atoms with Crippen LogP contribution in [0.25, 0.3) is 0 Å². The maximum Gasteiger partial charge on any atom is 0.160 e. The van der Waals surface area contributed by atoms with Crippen molar-refractivity contribution in [3.63, 3.8) is 0 Å². The van der Waals surface area contributed by atoms with Crippen LogP contribution in [0.2, 0.25) is 6.55 Å². The van der Waals surface area contributed by atoms with Gasteiger partial charge in [0, 0.05) is 11.8 Å². The number of benzene rings is 1. The number of allylic oxidation sites excluding steroid dienone is 16. The second-order valence-electron chi connectivity index (χ2n) is 8.16. The molecule has 0 amide bonds. The average Bonchev–Trinajstić information content (AvgIpc) is 3.43. The molecule has 0 bridgehead atoms. The van der Waals surface area contributed by atoms with Crippen molar-refractivity contribution in [3.05, 3.63) is 113 Å². The zero-order valence-corrected chi connectivity index (χ0v) is 18.6. The molecule has 0 N–H and O–H groups in total. The lowest BCUT2D eigenvalue weighted by atomic mass is 9.98. The van der Waals surface area contributed by atoms with Gasteiger partial charge in [-0.2, -0.15) is 0 Å². The first kappa shape index (κ1) is 19.0. The van der Waals surface area contributed by atoms with Gasteiger partial charge in [0.1, 0.15) is 0 Å². The lowest BCUT2D eigenvalue weighted by Crippen LogP contribution is -2.50. The minimum Gasteiger partial charge on any atom is -0.493 e. The van der Waals surface area contributed by atoms with Gasteiger partial charge in [0.05, 0.1) is 14.2 Å². The third-order valence-electron chi connectivity index (χ3n) is 6.71. The quantitative estimate of drug-likeness (QED) is 0.615. The molecule has 150 valence electrons. The summed E-state index contributed by atoms with van der Waals surface area (Å²) in [6.45, 7) is 2.46. The molecule has 0 aliphatic heterocycles. The fourth-order valence-corrected chi connectivity index (χ4v) is 9.70. The van der Waals surface area contributed by atoms with E-state index in [2.05, 4.69) is 91.6 Å². The number of hydrogen-bond acceptors (Lipinski definition) is 2. The van der Waals surface area contributed by atoms with E-state index in [1.807, 2.05) is 6.07 Å². The fourth-order valence-electron chi connectivity index (χ4n) is 5.21. The number of fused-ring (bicyclic) bond motifs is 2. The molecule has 2 unspecified atom stereocenters. The summed E-state index contributed by atoms with van der Waals surface area (Å²) in [5, 5.41) is 4.17. The van der Waals surface area contributed by atoms with Gasteiger partial charge >= 0.3 is 0 Å². The van der Waals surface area contributed by atoms with E-state index in [-0.39, 0.29) is 0 Å². The summed E-state index contributed by atoms with van der Waals surface area (Å²) < 4.78 is 11.6. The van der Waals surface area contributed by atoms with Crippen molar-refractivity contribution in [1.82, 2.24) is 0 Å². The SMILES string of the molecule is COc1cccc([Si](C)(C2=C3C=CC=CC3C=C2)C2=C3C=CC=CC3C=C2)c1OC. The maximum absolute atomic E-state index is 5.96. The van der Waals surface area contributed by atoms with Gasteiger partial charge in [-0.3, -0.25) is 0 Å². The van der Waals surface area contributed by atoms with Gasteiger partial charge in [-0.25, -0.2) is 0 Å². The lowest BCUT2D eigenvalue weighted by molar-refractivity contribution is 0.357. The summed E-state index contributed by atoms with van der Waals surface area (Å²) in [5.41, 5.74) is 2.83. The molecule has 1 aromatic rings. The highest BCUT2D eigenvalue weighted by Crippen LogP contribution is 2.44. The summed E-state index contributed by atoms with van der Waals surface area (Å²) in [6, 6.07) is 6.32. The average molecular weight is 411 g/mol. The normalized spacial score (nSPS) is 25.0. The summed E-state index contributed by atoms with van der Waals surface area (Å²) in [7, 11) is 1.08. The van der Waals surface area contributed by atoms with E-state index >= 15 is 0 Å². The minimum atomic E-state index is -2.38. The highest BCUT2D eigenvalue weighted by atomic mass is 28.3. The van der Waals surface area contributed by atoms with Crippen molar-refractivity contribution in [1.29, 1.82) is 0 Å². The maximum atomic E-state index is 5.96. The second kappa shape index (κ2) is 7.33. The Bertz CT molecular complexity index is 1080. The van der Waals surface area contributed by atoms with E-state index in [0.29, 0.717) is 11.8 Å². The molecule has 1 aromatic carbocycles. The molecule has 3 heteroatoms. The van der Waals surface area contributed by atoms with E-state index in [4.69, 9.17) is 9.47 Å². The Hall–Kier alpha value is -3.04. The summed E-state index contributed by atoms with van der Waals surface area (Å²) in [5.74, 6) is 2.37. The van der Waals surface area contributed by atoms with Crippen LogP contribution in [-0.4, -0.2) is 22.3 Å². The van der Waals surface area contributed by atoms with Gasteiger partial charge in [-0.15, -0.1) is 0 Å². The molecule has 4 aliphatic rings. The Labute approximate surface area is 179 Å². The summed E-state index contributed by atoms with van der Waals surface area (Å²) in [6.07, 6.45) is 27.1. The van der Waals surface area contributed by atoms with E-state index in [0.717, 1.165) is 11.5 Å². The van der Waals surface area contributed by atoms with Crippen molar-refractivity contribution < 1.29 is 9.47 Å². The van der Waals surface area contributed by atoms with Gasteiger partial charge < -0.3 is 9.47 Å². The Balaban J connectivity index is 1.82. The second-order valence-corrected chi connectivity index (χ2v) is 12.0. The van der Waals surface area contributed by atoms with Gasteiger partial charge in [-0.05, 0) is 32.8 Å². The van der Waals surface area contributed by atoms with Crippen LogP contribution in [0.15, 0.2) is 113 Å². The van der Waals surface area contributed by atoms with Crippen molar-refractivity contribution in [2.75, 3.05) is 14.2 Å². The topological polar surface area (TPSA) is 18.5 Å². The van der Waals surface area contributed by atoms with Crippen LogP contribution >= 0.6 is 0 Å². The molecule has 0 spiro atoms. The van der Waals surface area contributed by atoms with Crippen LogP contribution in [0, 0.1) is 11.8 Å². The first-order valence-corrected chi connectivity index (χ1v) is 13.0. The summed E-state index contributed by atoms with van der Waals surface area (Å²) in [4.78, 5) is 0. The number of methoxy groups -OCH3 is 2. The zero-order chi connectivity index (χ0) is 20.7. The number of ether oxygens (including phenoxy) is 2. The molecule has 5 rings (SSSR count).